The molecule has 0 radical (unpaired) electrons. The third kappa shape index (κ3) is 324. The highest BCUT2D eigenvalue weighted by Gasteiger charge is 1.45. The van der Waals surface area contributed by atoms with E-state index in [2.05, 4.69) is 20.1 Å². The first-order valence-corrected chi connectivity index (χ1v) is 4.66. The lowest BCUT2D eigenvalue weighted by molar-refractivity contribution is 0.343. The van der Waals surface area contributed by atoms with Crippen LogP contribution in [0.2, 0.25) is 0 Å². The molecule has 0 aromatic heterocycles. The Kier molecular flexibility index (Phi) is 148. The lowest BCUT2D eigenvalue weighted by Gasteiger charge is -1.60. The first kappa shape index (κ1) is 22.5. The minimum absolute atomic E-state index is 0.0833. The molecule has 0 rings (SSSR count). The van der Waals surface area contributed by atoms with E-state index in [4.69, 9.17) is 5.11 Å². The van der Waals surface area contributed by atoms with E-state index in [-0.39, 0.29) is 6.61 Å². The third-order valence-electron chi connectivity index (χ3n) is 0.418. The van der Waals surface area contributed by atoms with E-state index in [1.165, 1.54) is 6.08 Å². The summed E-state index contributed by atoms with van der Waals surface area (Å²) in [4.78, 5) is 0. The van der Waals surface area contributed by atoms with Gasteiger partial charge in [0.05, 0.1) is 6.61 Å². The van der Waals surface area contributed by atoms with Gasteiger partial charge >= 0.3 is 0 Å². The molecule has 1 N–H and O–H groups in total. The zero-order chi connectivity index (χ0) is 10.8. The maximum Gasteiger partial charge on any atom is 0.0609 e. The molecule has 0 aromatic rings. The summed E-state index contributed by atoms with van der Waals surface area (Å²) in [6.45, 7) is 16.9. The van der Waals surface area contributed by atoms with Gasteiger partial charge in [0.2, 0.25) is 0 Å². The van der Waals surface area contributed by atoms with Gasteiger partial charge in [0.25, 0.3) is 0 Å². The number of hydrogen-bond donors (Lipinski definition) is 1. The molecule has 0 aliphatic rings. The number of hydrogen-bond acceptors (Lipinski definition) is 1. The van der Waals surface area contributed by atoms with Gasteiger partial charge in [-0.2, -0.15) is 0 Å². The molecule has 12 heavy (non-hydrogen) atoms. The summed E-state index contributed by atoms with van der Waals surface area (Å²) in [7, 11) is 0. The second-order valence-electron chi connectivity index (χ2n) is 1.17. The standard InChI is InChI=1S/C4H8.C3H6O.2C2H6/c1-3-4-2;1-2-3-4;2*1-2/h3H,1,4H2,2H3;2,4H,1,3H2;2*1-2H3. The molecule has 0 bridgehead atoms. The third-order valence-corrected chi connectivity index (χ3v) is 0.418. The van der Waals surface area contributed by atoms with E-state index in [0.717, 1.165) is 6.42 Å². The largest absolute Gasteiger partial charge is 0.392 e. The van der Waals surface area contributed by atoms with Crippen LogP contribution in [-0.2, 0) is 0 Å². The van der Waals surface area contributed by atoms with Crippen molar-refractivity contribution in [1.29, 1.82) is 0 Å². The van der Waals surface area contributed by atoms with Crippen LogP contribution >= 0.6 is 0 Å². The average Bonchev–Trinajstić information content (AvgIpc) is 2.23. The maximum absolute atomic E-state index is 7.76. The molecule has 0 fully saturated rings. The second-order valence-corrected chi connectivity index (χ2v) is 1.17. The molecule has 0 unspecified atom stereocenters. The summed E-state index contributed by atoms with van der Waals surface area (Å²) in [5, 5.41) is 7.76. The summed E-state index contributed by atoms with van der Waals surface area (Å²) >= 11 is 0. The quantitative estimate of drug-likeness (QED) is 0.631. The number of aliphatic hydroxyl groups is 1. The Hall–Kier alpha value is -0.560. The highest BCUT2D eigenvalue weighted by molar-refractivity contribution is 4.60. The molecule has 0 aliphatic heterocycles. The molecule has 76 valence electrons. The van der Waals surface area contributed by atoms with Gasteiger partial charge in [0.1, 0.15) is 0 Å². The zero-order valence-corrected chi connectivity index (χ0v) is 9.43. The highest BCUT2D eigenvalue weighted by atomic mass is 16.2. The summed E-state index contributed by atoms with van der Waals surface area (Å²) in [5.41, 5.74) is 0. The lowest BCUT2D eigenvalue weighted by Crippen LogP contribution is -1.62. The van der Waals surface area contributed by atoms with Gasteiger partial charge in [-0.25, -0.2) is 0 Å². The smallest absolute Gasteiger partial charge is 0.0609 e. The van der Waals surface area contributed by atoms with Crippen LogP contribution in [0.15, 0.2) is 25.3 Å². The van der Waals surface area contributed by atoms with Gasteiger partial charge < -0.3 is 5.11 Å². The molecule has 0 aromatic carbocycles. The Bertz CT molecular complexity index is 41.0. The van der Waals surface area contributed by atoms with Gasteiger partial charge in [0, 0.05) is 0 Å². The van der Waals surface area contributed by atoms with Gasteiger partial charge in [0.15, 0.2) is 0 Å². The van der Waals surface area contributed by atoms with Crippen molar-refractivity contribution in [3.63, 3.8) is 0 Å². The molecule has 0 amide bonds. The SMILES string of the molecule is C=CCC.C=CCO.CC.CC. The average molecular weight is 174 g/mol. The van der Waals surface area contributed by atoms with Gasteiger partial charge in [-0.3, -0.25) is 0 Å². The van der Waals surface area contributed by atoms with Gasteiger partial charge in [-0.15, -0.1) is 13.2 Å². The Balaban J connectivity index is -0.0000000380. The van der Waals surface area contributed by atoms with Crippen LogP contribution in [0.1, 0.15) is 41.0 Å². The molecular weight excluding hydrogens is 148 g/mol. The number of allylic oxidation sites excluding steroid dienone is 1. The predicted octanol–water partition coefficient (Wildman–Crippen LogP) is 3.80. The number of rotatable bonds is 2. The fourth-order valence-corrected chi connectivity index (χ4v) is 0. The fourth-order valence-electron chi connectivity index (χ4n) is 0. The van der Waals surface area contributed by atoms with Crippen LogP contribution < -0.4 is 0 Å². The van der Waals surface area contributed by atoms with E-state index in [9.17, 15) is 0 Å². The monoisotopic (exact) mass is 174 g/mol. The van der Waals surface area contributed by atoms with Crippen molar-refractivity contribution in [3.05, 3.63) is 25.3 Å². The Labute approximate surface area is 78.8 Å². The first-order valence-electron chi connectivity index (χ1n) is 4.66. The normalized spacial score (nSPS) is 5.17. The van der Waals surface area contributed by atoms with Gasteiger partial charge in [-0.1, -0.05) is 46.8 Å². The predicted molar refractivity (Wildman–Crippen MR) is 60.5 cm³/mol. The molecule has 0 saturated carbocycles. The van der Waals surface area contributed by atoms with E-state index >= 15 is 0 Å². The summed E-state index contributed by atoms with van der Waals surface area (Å²) in [5.74, 6) is 0. The fraction of sp³-hybridized carbons (Fsp3) is 0.636. The van der Waals surface area contributed by atoms with Crippen molar-refractivity contribution in [2.45, 2.75) is 41.0 Å². The van der Waals surface area contributed by atoms with Crippen LogP contribution in [0.4, 0.5) is 0 Å². The first-order chi connectivity index (χ1) is 5.83. The molecule has 1 heteroatoms. The Morgan fingerprint density at radius 2 is 1.17 bits per heavy atom. The van der Waals surface area contributed by atoms with Crippen LogP contribution in [0, 0.1) is 0 Å². The molecule has 1 nitrogen and oxygen atoms in total. The van der Waals surface area contributed by atoms with Crippen molar-refractivity contribution in [3.8, 4) is 0 Å². The number of aliphatic hydroxyl groups excluding tert-OH is 1. The summed E-state index contributed by atoms with van der Waals surface area (Å²) < 4.78 is 0. The van der Waals surface area contributed by atoms with E-state index in [0.29, 0.717) is 0 Å². The van der Waals surface area contributed by atoms with Crippen LogP contribution in [0.3, 0.4) is 0 Å². The van der Waals surface area contributed by atoms with Crippen molar-refractivity contribution < 1.29 is 5.11 Å². The van der Waals surface area contributed by atoms with Gasteiger partial charge in [-0.05, 0) is 6.42 Å². The van der Waals surface area contributed by atoms with Crippen molar-refractivity contribution in [2.75, 3.05) is 6.61 Å². The van der Waals surface area contributed by atoms with E-state index < -0.39 is 0 Å². The maximum atomic E-state index is 7.76. The van der Waals surface area contributed by atoms with E-state index in [1.807, 2.05) is 33.8 Å². The minimum Gasteiger partial charge on any atom is -0.392 e. The topological polar surface area (TPSA) is 20.2 Å². The van der Waals surface area contributed by atoms with Crippen molar-refractivity contribution in [2.24, 2.45) is 0 Å². The summed E-state index contributed by atoms with van der Waals surface area (Å²) in [6.07, 6.45) is 4.39. The molecule has 0 atom stereocenters. The highest BCUT2D eigenvalue weighted by Crippen LogP contribution is 1.66. The van der Waals surface area contributed by atoms with Crippen molar-refractivity contribution >= 4 is 0 Å². The van der Waals surface area contributed by atoms with Crippen molar-refractivity contribution in [1.82, 2.24) is 0 Å². The molecular formula is C11H26O. The van der Waals surface area contributed by atoms with E-state index in [1.54, 1.807) is 0 Å². The lowest BCUT2D eigenvalue weighted by atomic mass is 10.5. The summed E-state index contributed by atoms with van der Waals surface area (Å²) in [6, 6.07) is 0. The molecule has 0 saturated heterocycles. The second kappa shape index (κ2) is 78.6. The zero-order valence-electron chi connectivity index (χ0n) is 9.43. The minimum atomic E-state index is 0.0833. The van der Waals surface area contributed by atoms with Crippen LogP contribution in [0.25, 0.3) is 0 Å². The molecule has 0 heterocycles. The molecule has 0 aliphatic carbocycles. The Morgan fingerprint density at radius 1 is 1.00 bits per heavy atom. The Morgan fingerprint density at radius 3 is 1.17 bits per heavy atom. The van der Waals surface area contributed by atoms with Crippen LogP contribution in [0.5, 0.6) is 0 Å². The van der Waals surface area contributed by atoms with Crippen LogP contribution in [-0.4, -0.2) is 11.7 Å². The molecule has 0 spiro atoms.